The van der Waals surface area contributed by atoms with Gasteiger partial charge in [0, 0.05) is 11.6 Å². The van der Waals surface area contributed by atoms with Crippen molar-refractivity contribution in [2.24, 2.45) is 0 Å². The zero-order valence-electron chi connectivity index (χ0n) is 20.0. The Kier molecular flexibility index (Phi) is 8.14. The molecule has 0 saturated carbocycles. The number of aryl methyl sites for hydroxylation is 2. The number of hydrogen-bond acceptors (Lipinski definition) is 2. The van der Waals surface area contributed by atoms with Crippen molar-refractivity contribution < 1.29 is 9.16 Å². The Balaban J connectivity index is 2.46. The molecule has 2 aromatic carbocycles. The lowest BCUT2D eigenvalue weighted by Gasteiger charge is -2.43. The lowest BCUT2D eigenvalue weighted by Crippen LogP contribution is -2.47. The molecular weight excluding hydrogens is 384 g/mol. The SMILES string of the molecule is C=C(/C=C(/O[Si](C(C)C)(C(C)C)C(C)C)c1ccccc1)Oc1cc(C)cc(C)c1. The lowest BCUT2D eigenvalue weighted by molar-refractivity contribution is 0.427. The van der Waals surface area contributed by atoms with Gasteiger partial charge in [-0.05, 0) is 53.7 Å². The van der Waals surface area contributed by atoms with Gasteiger partial charge in [0.1, 0.15) is 17.3 Å². The van der Waals surface area contributed by atoms with E-state index in [9.17, 15) is 0 Å². The van der Waals surface area contributed by atoms with E-state index in [4.69, 9.17) is 9.16 Å². The van der Waals surface area contributed by atoms with Gasteiger partial charge in [0.25, 0.3) is 8.32 Å². The fourth-order valence-electron chi connectivity index (χ4n) is 4.64. The molecule has 0 unspecified atom stereocenters. The predicted molar refractivity (Wildman–Crippen MR) is 132 cm³/mol. The van der Waals surface area contributed by atoms with Crippen LogP contribution in [0.25, 0.3) is 5.76 Å². The largest absolute Gasteiger partial charge is 0.542 e. The molecule has 0 spiro atoms. The molecule has 0 radical (unpaired) electrons. The van der Waals surface area contributed by atoms with Gasteiger partial charge in [-0.1, -0.05) is 84.5 Å². The summed E-state index contributed by atoms with van der Waals surface area (Å²) in [7, 11) is -2.12. The van der Waals surface area contributed by atoms with Crippen molar-refractivity contribution in [2.75, 3.05) is 0 Å². The van der Waals surface area contributed by atoms with Gasteiger partial charge in [-0.2, -0.15) is 0 Å². The van der Waals surface area contributed by atoms with E-state index in [2.05, 4.69) is 80.2 Å². The molecule has 0 aliphatic rings. The van der Waals surface area contributed by atoms with Crippen LogP contribution in [0.5, 0.6) is 5.75 Å². The Bertz CT molecular complexity index is 837. The van der Waals surface area contributed by atoms with Crippen LogP contribution in [0.4, 0.5) is 0 Å². The maximum atomic E-state index is 7.02. The number of benzene rings is 2. The molecule has 30 heavy (non-hydrogen) atoms. The first-order valence-corrected chi connectivity index (χ1v) is 13.1. The quantitative estimate of drug-likeness (QED) is 0.229. The topological polar surface area (TPSA) is 18.5 Å². The van der Waals surface area contributed by atoms with Gasteiger partial charge in [0.15, 0.2) is 0 Å². The molecule has 0 heterocycles. The average Bonchev–Trinajstić information content (AvgIpc) is 2.63. The first kappa shape index (κ1) is 24.0. The maximum absolute atomic E-state index is 7.02. The van der Waals surface area contributed by atoms with Crippen molar-refractivity contribution >= 4 is 14.1 Å². The third-order valence-corrected chi connectivity index (χ3v) is 11.8. The van der Waals surface area contributed by atoms with Gasteiger partial charge in [-0.25, -0.2) is 0 Å². The van der Waals surface area contributed by atoms with Crippen molar-refractivity contribution in [1.82, 2.24) is 0 Å². The van der Waals surface area contributed by atoms with Gasteiger partial charge in [-0.15, -0.1) is 0 Å². The van der Waals surface area contributed by atoms with E-state index in [0.717, 1.165) is 17.1 Å². The molecule has 162 valence electrons. The highest BCUT2D eigenvalue weighted by molar-refractivity contribution is 6.78. The summed E-state index contributed by atoms with van der Waals surface area (Å²) in [4.78, 5) is 0. The van der Waals surface area contributed by atoms with E-state index in [1.165, 1.54) is 11.1 Å². The molecule has 0 amide bonds. The van der Waals surface area contributed by atoms with Crippen molar-refractivity contribution in [1.29, 1.82) is 0 Å². The van der Waals surface area contributed by atoms with Crippen LogP contribution < -0.4 is 4.74 Å². The molecule has 2 rings (SSSR count). The second-order valence-electron chi connectivity index (χ2n) is 9.19. The van der Waals surface area contributed by atoms with Crippen LogP contribution in [-0.4, -0.2) is 8.32 Å². The lowest BCUT2D eigenvalue weighted by atomic mass is 10.1. The molecule has 0 aliphatic carbocycles. The van der Waals surface area contributed by atoms with Gasteiger partial charge in [0.2, 0.25) is 0 Å². The Morgan fingerprint density at radius 1 is 0.833 bits per heavy atom. The molecule has 3 heteroatoms. The van der Waals surface area contributed by atoms with Crippen LogP contribution in [-0.2, 0) is 4.43 Å². The van der Waals surface area contributed by atoms with Gasteiger partial charge >= 0.3 is 0 Å². The normalized spacial score (nSPS) is 12.6. The zero-order chi connectivity index (χ0) is 22.5. The highest BCUT2D eigenvalue weighted by atomic mass is 28.4. The van der Waals surface area contributed by atoms with Crippen LogP contribution in [0.15, 0.2) is 66.9 Å². The van der Waals surface area contributed by atoms with Gasteiger partial charge < -0.3 is 9.16 Å². The summed E-state index contributed by atoms with van der Waals surface area (Å²) in [5, 5.41) is 0. The summed E-state index contributed by atoms with van der Waals surface area (Å²) in [5.74, 6) is 2.24. The van der Waals surface area contributed by atoms with Crippen LogP contribution in [0.1, 0.15) is 58.2 Å². The van der Waals surface area contributed by atoms with Crippen LogP contribution >= 0.6 is 0 Å². The average molecular weight is 423 g/mol. The summed E-state index contributed by atoms with van der Waals surface area (Å²) >= 11 is 0. The zero-order valence-corrected chi connectivity index (χ0v) is 21.0. The van der Waals surface area contributed by atoms with E-state index in [1.807, 2.05) is 36.4 Å². The molecule has 2 aromatic rings. The Morgan fingerprint density at radius 3 is 1.80 bits per heavy atom. The van der Waals surface area contributed by atoms with Crippen molar-refractivity contribution in [3.63, 3.8) is 0 Å². The molecule has 0 aromatic heterocycles. The maximum Gasteiger partial charge on any atom is 0.258 e. The summed E-state index contributed by atoms with van der Waals surface area (Å²) in [6.45, 7) is 22.1. The first-order chi connectivity index (χ1) is 14.1. The Morgan fingerprint density at radius 2 is 1.33 bits per heavy atom. The standard InChI is InChI=1S/C27H38O2Si/c1-19(2)30(20(3)4,21(5)6)29-27(25-13-11-10-12-14-25)18-24(9)28-26-16-22(7)15-23(8)17-26/h10-21H,9H2,1-8H3/b27-18+. The predicted octanol–water partition coefficient (Wildman–Crippen LogP) is 8.43. The fraction of sp³-hybridized carbons (Fsp3) is 0.407. The van der Waals surface area contributed by atoms with Crippen LogP contribution in [0, 0.1) is 13.8 Å². The number of rotatable bonds is 9. The minimum absolute atomic E-state index is 0.484. The first-order valence-electron chi connectivity index (χ1n) is 11.0. The number of allylic oxidation sites excluding steroid dienone is 1. The van der Waals surface area contributed by atoms with Gasteiger partial charge in [0.05, 0.1) is 0 Å². The Labute approximate surface area is 184 Å². The molecule has 0 fully saturated rings. The Hall–Kier alpha value is -2.26. The van der Waals surface area contributed by atoms with Gasteiger partial charge in [-0.3, -0.25) is 0 Å². The molecule has 0 atom stereocenters. The highest BCUT2D eigenvalue weighted by Gasteiger charge is 2.47. The van der Waals surface area contributed by atoms with E-state index < -0.39 is 8.32 Å². The van der Waals surface area contributed by atoms with Crippen LogP contribution in [0.3, 0.4) is 0 Å². The highest BCUT2D eigenvalue weighted by Crippen LogP contribution is 2.45. The fourth-order valence-corrected chi connectivity index (χ4v) is 9.90. The summed E-state index contributed by atoms with van der Waals surface area (Å²) in [6, 6.07) is 16.5. The van der Waals surface area contributed by atoms with E-state index in [1.54, 1.807) is 0 Å². The smallest absolute Gasteiger partial charge is 0.258 e. The summed E-state index contributed by atoms with van der Waals surface area (Å²) < 4.78 is 13.1. The van der Waals surface area contributed by atoms with Crippen molar-refractivity contribution in [3.05, 3.63) is 83.6 Å². The van der Waals surface area contributed by atoms with E-state index in [0.29, 0.717) is 22.4 Å². The van der Waals surface area contributed by atoms with E-state index >= 15 is 0 Å². The minimum Gasteiger partial charge on any atom is -0.542 e. The van der Waals surface area contributed by atoms with Crippen molar-refractivity contribution in [3.8, 4) is 5.75 Å². The molecule has 2 nitrogen and oxygen atoms in total. The number of hydrogen-bond donors (Lipinski definition) is 0. The second kappa shape index (κ2) is 10.2. The molecule has 0 bridgehead atoms. The third-order valence-electron chi connectivity index (χ3n) is 5.79. The summed E-state index contributed by atoms with van der Waals surface area (Å²) in [5.41, 5.74) is 4.86. The molecule has 0 aliphatic heterocycles. The minimum atomic E-state index is -2.12. The second-order valence-corrected chi connectivity index (χ2v) is 14.6. The molecular formula is C27H38O2Si. The molecule has 0 N–H and O–H groups in total. The third kappa shape index (κ3) is 5.66. The number of ether oxygens (including phenoxy) is 1. The van der Waals surface area contributed by atoms with Crippen molar-refractivity contribution in [2.45, 2.75) is 72.0 Å². The molecule has 0 saturated heterocycles. The monoisotopic (exact) mass is 422 g/mol. The summed E-state index contributed by atoms with van der Waals surface area (Å²) in [6.07, 6.45) is 1.96. The van der Waals surface area contributed by atoms with Crippen LogP contribution in [0.2, 0.25) is 16.6 Å². The van der Waals surface area contributed by atoms with E-state index in [-0.39, 0.29) is 0 Å².